The second-order valence-electron chi connectivity index (χ2n) is 4.72. The summed E-state index contributed by atoms with van der Waals surface area (Å²) in [4.78, 5) is 13.3. The van der Waals surface area contributed by atoms with Gasteiger partial charge in [-0.05, 0) is 12.0 Å². The van der Waals surface area contributed by atoms with Crippen molar-refractivity contribution < 1.29 is 14.6 Å². The lowest BCUT2D eigenvalue weighted by Gasteiger charge is -2.27. The summed E-state index contributed by atoms with van der Waals surface area (Å²) in [5.41, 5.74) is 1.46. The van der Waals surface area contributed by atoms with Crippen molar-refractivity contribution in [3.05, 3.63) is 46.6 Å². The van der Waals surface area contributed by atoms with Crippen molar-refractivity contribution in [2.75, 3.05) is 6.54 Å². The molecule has 0 saturated carbocycles. The Morgan fingerprint density at radius 1 is 1.35 bits per heavy atom. The number of aliphatic hydroxyl groups excluding tert-OH is 1. The number of halogens is 1. The maximum absolute atomic E-state index is 11.4. The topological polar surface area (TPSA) is 49.8 Å². The monoisotopic (exact) mass is 295 g/mol. The van der Waals surface area contributed by atoms with Crippen LogP contribution in [0.3, 0.4) is 0 Å². The molecule has 1 aromatic carbocycles. The van der Waals surface area contributed by atoms with E-state index in [1.54, 1.807) is 0 Å². The minimum Gasteiger partial charge on any atom is -0.425 e. The predicted octanol–water partition coefficient (Wildman–Crippen LogP) is 2.61. The number of hydrogen-bond acceptors (Lipinski definition) is 4. The van der Waals surface area contributed by atoms with Gasteiger partial charge in [0, 0.05) is 13.1 Å². The minimum atomic E-state index is -1.27. The van der Waals surface area contributed by atoms with E-state index in [2.05, 4.69) is 6.92 Å². The molecule has 1 N–H and O–H groups in total. The van der Waals surface area contributed by atoms with Crippen LogP contribution in [0, 0.1) is 0 Å². The summed E-state index contributed by atoms with van der Waals surface area (Å²) in [6.45, 7) is 3.38. The van der Waals surface area contributed by atoms with Crippen LogP contribution in [-0.2, 0) is 16.1 Å². The van der Waals surface area contributed by atoms with Gasteiger partial charge in [-0.3, -0.25) is 0 Å². The van der Waals surface area contributed by atoms with Crippen LogP contribution < -0.4 is 0 Å². The number of esters is 1. The van der Waals surface area contributed by atoms with E-state index < -0.39 is 12.3 Å². The molecule has 1 atom stereocenters. The summed E-state index contributed by atoms with van der Waals surface area (Å²) < 4.78 is 4.75. The van der Waals surface area contributed by atoms with E-state index >= 15 is 0 Å². The van der Waals surface area contributed by atoms with Crippen LogP contribution in [0.4, 0.5) is 0 Å². The average Bonchev–Trinajstić information content (AvgIpc) is 2.70. The van der Waals surface area contributed by atoms with Crippen molar-refractivity contribution >= 4 is 17.6 Å². The molecule has 0 amide bonds. The number of unbranched alkanes of at least 4 members (excludes halogenated alkanes) is 1. The largest absolute Gasteiger partial charge is 0.425 e. The number of rotatable bonds is 6. The summed E-state index contributed by atoms with van der Waals surface area (Å²) in [6, 6.07) is 9.85. The first-order valence-electron chi connectivity index (χ1n) is 6.71. The molecule has 0 aromatic heterocycles. The first kappa shape index (κ1) is 14.9. The van der Waals surface area contributed by atoms with Gasteiger partial charge in [-0.15, -0.1) is 0 Å². The molecule has 4 nitrogen and oxygen atoms in total. The maximum Gasteiger partial charge on any atom is 0.354 e. The molecule has 20 heavy (non-hydrogen) atoms. The fourth-order valence-corrected chi connectivity index (χ4v) is 2.41. The predicted molar refractivity (Wildman–Crippen MR) is 76.7 cm³/mol. The molecule has 0 spiro atoms. The van der Waals surface area contributed by atoms with Gasteiger partial charge in [-0.25, -0.2) is 4.79 Å². The summed E-state index contributed by atoms with van der Waals surface area (Å²) >= 11 is 5.97. The zero-order chi connectivity index (χ0) is 14.5. The van der Waals surface area contributed by atoms with Gasteiger partial charge in [-0.2, -0.15) is 0 Å². The smallest absolute Gasteiger partial charge is 0.354 e. The minimum absolute atomic E-state index is 0.0236. The second-order valence-corrected chi connectivity index (χ2v) is 5.10. The third kappa shape index (κ3) is 3.32. The molecule has 2 rings (SSSR count). The first-order chi connectivity index (χ1) is 9.63. The van der Waals surface area contributed by atoms with Gasteiger partial charge in [0.15, 0.2) is 5.03 Å². The Balaban J connectivity index is 2.21. The highest BCUT2D eigenvalue weighted by Crippen LogP contribution is 2.28. The van der Waals surface area contributed by atoms with Gasteiger partial charge in [0.2, 0.25) is 6.29 Å². The number of hydrogen-bond donors (Lipinski definition) is 1. The van der Waals surface area contributed by atoms with Crippen molar-refractivity contribution in [3.8, 4) is 0 Å². The summed E-state index contributed by atoms with van der Waals surface area (Å²) in [6.07, 6.45) is 0.693. The Labute approximate surface area is 123 Å². The summed E-state index contributed by atoms with van der Waals surface area (Å²) in [5, 5.41) is 9.83. The van der Waals surface area contributed by atoms with Crippen molar-refractivity contribution in [2.45, 2.75) is 32.6 Å². The number of aliphatic hydroxyl groups is 1. The number of benzene rings is 1. The van der Waals surface area contributed by atoms with Crippen molar-refractivity contribution in [1.82, 2.24) is 4.90 Å². The zero-order valence-electron chi connectivity index (χ0n) is 11.4. The number of cyclic esters (lactones) is 1. The van der Waals surface area contributed by atoms with Gasteiger partial charge >= 0.3 is 5.97 Å². The van der Waals surface area contributed by atoms with Crippen LogP contribution in [0.15, 0.2) is 41.1 Å². The summed E-state index contributed by atoms with van der Waals surface area (Å²) in [7, 11) is 0. The number of carbonyl (C=O) groups is 1. The van der Waals surface area contributed by atoms with E-state index in [9.17, 15) is 9.90 Å². The van der Waals surface area contributed by atoms with Crippen LogP contribution >= 0.6 is 11.6 Å². The van der Waals surface area contributed by atoms with Crippen molar-refractivity contribution in [2.24, 2.45) is 0 Å². The number of nitrogens with zero attached hydrogens (tertiary/aromatic N) is 1. The zero-order valence-corrected chi connectivity index (χ0v) is 12.1. The van der Waals surface area contributed by atoms with Gasteiger partial charge in [0.25, 0.3) is 0 Å². The third-order valence-electron chi connectivity index (χ3n) is 3.20. The molecular weight excluding hydrogens is 278 g/mol. The average molecular weight is 296 g/mol. The van der Waals surface area contributed by atoms with E-state index in [4.69, 9.17) is 16.3 Å². The first-order valence-corrected chi connectivity index (χ1v) is 7.09. The van der Waals surface area contributed by atoms with Crippen LogP contribution in [0.2, 0.25) is 0 Å². The standard InChI is InChI=1S/C15H18ClNO3/c1-2-3-9-17(10-11-7-5-4-6-8-11)13-12(16)14(18)20-15(13)19/h4-8,15,19H,2-3,9-10H2,1H3. The Kier molecular flexibility index (Phi) is 5.04. The van der Waals surface area contributed by atoms with Gasteiger partial charge in [-0.1, -0.05) is 55.3 Å². The highest BCUT2D eigenvalue weighted by atomic mass is 35.5. The lowest BCUT2D eigenvalue weighted by atomic mass is 10.2. The Morgan fingerprint density at radius 3 is 2.60 bits per heavy atom. The fraction of sp³-hybridized carbons (Fsp3) is 0.400. The lowest BCUT2D eigenvalue weighted by Crippen LogP contribution is -2.29. The molecule has 1 unspecified atom stereocenters. The molecule has 1 aliphatic heterocycles. The van der Waals surface area contributed by atoms with E-state index in [-0.39, 0.29) is 5.03 Å². The number of carbonyl (C=O) groups excluding carboxylic acids is 1. The molecule has 1 aromatic rings. The maximum atomic E-state index is 11.4. The van der Waals surface area contributed by atoms with Crippen LogP contribution in [0.5, 0.6) is 0 Å². The highest BCUT2D eigenvalue weighted by Gasteiger charge is 2.35. The quantitative estimate of drug-likeness (QED) is 0.820. The number of ether oxygens (including phenoxy) is 1. The van der Waals surface area contributed by atoms with Crippen molar-refractivity contribution in [1.29, 1.82) is 0 Å². The molecule has 1 heterocycles. The molecule has 0 saturated heterocycles. The SMILES string of the molecule is CCCCN(Cc1ccccc1)C1=C(Cl)C(=O)OC1O. The molecule has 0 radical (unpaired) electrons. The van der Waals surface area contributed by atoms with E-state index in [0.29, 0.717) is 18.8 Å². The van der Waals surface area contributed by atoms with Gasteiger partial charge in [0.05, 0.1) is 0 Å². The molecular formula is C15H18ClNO3. The molecule has 0 fully saturated rings. The Bertz CT molecular complexity index is 501. The van der Waals surface area contributed by atoms with Crippen LogP contribution in [-0.4, -0.2) is 28.8 Å². The molecule has 108 valence electrons. The fourth-order valence-electron chi connectivity index (χ4n) is 2.15. The van der Waals surface area contributed by atoms with Gasteiger partial charge < -0.3 is 14.7 Å². The van der Waals surface area contributed by atoms with Crippen molar-refractivity contribution in [3.63, 3.8) is 0 Å². The molecule has 0 bridgehead atoms. The molecule has 5 heteroatoms. The molecule has 1 aliphatic rings. The second kappa shape index (κ2) is 6.77. The third-order valence-corrected chi connectivity index (χ3v) is 3.54. The highest BCUT2D eigenvalue weighted by molar-refractivity contribution is 6.42. The van der Waals surface area contributed by atoms with Crippen LogP contribution in [0.1, 0.15) is 25.3 Å². The van der Waals surface area contributed by atoms with Gasteiger partial charge in [0.1, 0.15) is 5.70 Å². The van der Waals surface area contributed by atoms with E-state index in [1.807, 2.05) is 35.2 Å². The lowest BCUT2D eigenvalue weighted by molar-refractivity contribution is -0.152. The van der Waals surface area contributed by atoms with Crippen LogP contribution in [0.25, 0.3) is 0 Å². The summed E-state index contributed by atoms with van der Waals surface area (Å²) in [5.74, 6) is -0.663. The van der Waals surface area contributed by atoms with E-state index in [1.165, 1.54) is 0 Å². The van der Waals surface area contributed by atoms with E-state index in [0.717, 1.165) is 18.4 Å². The Hall–Kier alpha value is -1.52. The normalized spacial score (nSPS) is 18.4. The Morgan fingerprint density at radius 2 is 2.05 bits per heavy atom. The molecule has 0 aliphatic carbocycles.